The summed E-state index contributed by atoms with van der Waals surface area (Å²) in [6.45, 7) is 4.16. The van der Waals surface area contributed by atoms with E-state index in [4.69, 9.17) is 4.74 Å². The molecule has 0 aliphatic heterocycles. The van der Waals surface area contributed by atoms with E-state index in [0.717, 1.165) is 5.56 Å². The van der Waals surface area contributed by atoms with Crippen LogP contribution in [-0.4, -0.2) is 27.4 Å². The molecule has 0 aliphatic carbocycles. The largest absolute Gasteiger partial charge is 0.496 e. The van der Waals surface area contributed by atoms with E-state index < -0.39 is 5.60 Å². The van der Waals surface area contributed by atoms with Gasteiger partial charge in [-0.15, -0.1) is 0 Å². The summed E-state index contributed by atoms with van der Waals surface area (Å²) in [4.78, 5) is 4.30. The molecular weight excluding hydrogens is 259 g/mol. The van der Waals surface area contributed by atoms with Crippen molar-refractivity contribution in [1.82, 2.24) is 9.55 Å². The van der Waals surface area contributed by atoms with E-state index in [9.17, 15) is 9.50 Å². The fourth-order valence-corrected chi connectivity index (χ4v) is 1.98. The number of halogens is 1. The van der Waals surface area contributed by atoms with Crippen LogP contribution in [0.2, 0.25) is 0 Å². The molecule has 0 radical (unpaired) electrons. The third-order valence-corrected chi connectivity index (χ3v) is 3.08. The maximum Gasteiger partial charge on any atom is 0.143 e. The normalized spacial score (nSPS) is 11.7. The summed E-state index contributed by atoms with van der Waals surface area (Å²) in [7, 11) is 1.50. The highest BCUT2D eigenvalue weighted by molar-refractivity contribution is 5.64. The van der Waals surface area contributed by atoms with E-state index in [1.54, 1.807) is 26.1 Å². The lowest BCUT2D eigenvalue weighted by atomic mass is 10.1. The van der Waals surface area contributed by atoms with Crippen molar-refractivity contribution in [2.75, 3.05) is 7.11 Å². The minimum atomic E-state index is -0.742. The van der Waals surface area contributed by atoms with Crippen LogP contribution in [0.25, 0.3) is 11.4 Å². The molecule has 0 unspecified atom stereocenters. The van der Waals surface area contributed by atoms with Gasteiger partial charge in [0.2, 0.25) is 0 Å². The Hall–Kier alpha value is -1.88. The summed E-state index contributed by atoms with van der Waals surface area (Å²) in [5.41, 5.74) is -0.0105. The third-order valence-electron chi connectivity index (χ3n) is 3.08. The Balaban J connectivity index is 2.32. The van der Waals surface area contributed by atoms with Gasteiger partial charge in [0.15, 0.2) is 0 Å². The summed E-state index contributed by atoms with van der Waals surface area (Å²) in [6.07, 6.45) is 4.12. The van der Waals surface area contributed by atoms with Crippen LogP contribution in [0.4, 0.5) is 4.39 Å². The number of aliphatic hydroxyl groups is 1. The first kappa shape index (κ1) is 14.5. The van der Waals surface area contributed by atoms with Gasteiger partial charge in [0.25, 0.3) is 0 Å². The molecule has 2 rings (SSSR count). The van der Waals surface area contributed by atoms with Crippen LogP contribution in [0.3, 0.4) is 0 Å². The Bertz CT molecular complexity index is 588. The zero-order valence-corrected chi connectivity index (χ0v) is 11.9. The van der Waals surface area contributed by atoms with Gasteiger partial charge in [0.1, 0.15) is 17.4 Å². The number of aryl methyl sites for hydroxylation is 1. The molecule has 0 bridgehead atoms. The molecule has 1 heterocycles. The fourth-order valence-electron chi connectivity index (χ4n) is 1.98. The van der Waals surface area contributed by atoms with E-state index in [1.165, 1.54) is 19.2 Å². The lowest BCUT2D eigenvalue weighted by Gasteiger charge is -2.18. The molecule has 0 atom stereocenters. The van der Waals surface area contributed by atoms with Gasteiger partial charge in [0.05, 0.1) is 18.3 Å². The van der Waals surface area contributed by atoms with Crippen molar-refractivity contribution in [2.24, 2.45) is 0 Å². The molecule has 1 N–H and O–H groups in total. The summed E-state index contributed by atoms with van der Waals surface area (Å²) >= 11 is 0. The number of nitrogens with zero attached hydrogens (tertiary/aromatic N) is 2. The van der Waals surface area contributed by atoms with Gasteiger partial charge in [-0.3, -0.25) is 0 Å². The van der Waals surface area contributed by atoms with Crippen molar-refractivity contribution in [2.45, 2.75) is 32.4 Å². The number of methoxy groups -OCH3 is 1. The second-order valence-electron chi connectivity index (χ2n) is 5.35. The lowest BCUT2D eigenvalue weighted by Crippen LogP contribution is -2.21. The van der Waals surface area contributed by atoms with Gasteiger partial charge in [-0.05, 0) is 32.4 Å². The van der Waals surface area contributed by atoms with E-state index in [0.29, 0.717) is 24.5 Å². The molecule has 0 saturated carbocycles. The van der Waals surface area contributed by atoms with Gasteiger partial charge in [-0.25, -0.2) is 9.37 Å². The van der Waals surface area contributed by atoms with Gasteiger partial charge >= 0.3 is 0 Å². The summed E-state index contributed by atoms with van der Waals surface area (Å²) < 4.78 is 20.4. The molecule has 0 spiro atoms. The van der Waals surface area contributed by atoms with E-state index >= 15 is 0 Å². The summed E-state index contributed by atoms with van der Waals surface area (Å²) in [5.74, 6) is 0.798. The van der Waals surface area contributed by atoms with Crippen molar-refractivity contribution in [3.63, 3.8) is 0 Å². The predicted octanol–water partition coefficient (Wildman–Crippen LogP) is 2.86. The molecule has 0 amide bonds. The Morgan fingerprint density at radius 2 is 2.15 bits per heavy atom. The molecule has 1 aromatic heterocycles. The monoisotopic (exact) mass is 278 g/mol. The van der Waals surface area contributed by atoms with Crippen LogP contribution in [0.15, 0.2) is 30.6 Å². The molecule has 5 heteroatoms. The van der Waals surface area contributed by atoms with Gasteiger partial charge in [0, 0.05) is 25.0 Å². The average Bonchev–Trinajstić information content (AvgIpc) is 2.83. The molecule has 20 heavy (non-hydrogen) atoms. The fraction of sp³-hybridized carbons (Fsp3) is 0.400. The highest BCUT2D eigenvalue weighted by atomic mass is 19.1. The number of benzene rings is 1. The molecule has 2 aromatic rings. The Morgan fingerprint density at radius 1 is 1.40 bits per heavy atom. The quantitative estimate of drug-likeness (QED) is 0.914. The smallest absolute Gasteiger partial charge is 0.143 e. The SMILES string of the molecule is COc1cc(F)ccc1-c1nccn1CCC(C)(C)O. The first-order valence-corrected chi connectivity index (χ1v) is 6.48. The average molecular weight is 278 g/mol. The molecule has 0 fully saturated rings. The highest BCUT2D eigenvalue weighted by Crippen LogP contribution is 2.29. The minimum Gasteiger partial charge on any atom is -0.496 e. The van der Waals surface area contributed by atoms with Crippen molar-refractivity contribution in [1.29, 1.82) is 0 Å². The van der Waals surface area contributed by atoms with Crippen LogP contribution in [0.1, 0.15) is 20.3 Å². The predicted molar refractivity (Wildman–Crippen MR) is 75.1 cm³/mol. The highest BCUT2D eigenvalue weighted by Gasteiger charge is 2.16. The molecular formula is C15H19FN2O2. The van der Waals surface area contributed by atoms with Crippen LogP contribution in [0, 0.1) is 5.82 Å². The molecule has 0 saturated heterocycles. The third kappa shape index (κ3) is 3.36. The van der Waals surface area contributed by atoms with E-state index in [1.807, 2.05) is 10.8 Å². The molecule has 108 valence electrons. The first-order chi connectivity index (χ1) is 9.40. The van der Waals surface area contributed by atoms with Gasteiger partial charge in [-0.2, -0.15) is 0 Å². The zero-order valence-electron chi connectivity index (χ0n) is 11.9. The van der Waals surface area contributed by atoms with Crippen molar-refractivity contribution < 1.29 is 14.2 Å². The van der Waals surface area contributed by atoms with Crippen molar-refractivity contribution >= 4 is 0 Å². The van der Waals surface area contributed by atoms with Crippen LogP contribution in [-0.2, 0) is 6.54 Å². The maximum atomic E-state index is 13.2. The zero-order chi connectivity index (χ0) is 14.8. The lowest BCUT2D eigenvalue weighted by molar-refractivity contribution is 0.0663. The maximum absolute atomic E-state index is 13.2. The molecule has 4 nitrogen and oxygen atoms in total. The summed E-state index contributed by atoms with van der Waals surface area (Å²) in [5, 5.41) is 9.81. The number of imidazole rings is 1. The number of hydrogen-bond donors (Lipinski definition) is 1. The standard InChI is InChI=1S/C15H19FN2O2/c1-15(2,19)6-8-18-9-7-17-14(18)12-5-4-11(16)10-13(12)20-3/h4-5,7,9-10,19H,6,8H2,1-3H3. The Labute approximate surface area is 117 Å². The number of aromatic nitrogens is 2. The number of ether oxygens (including phenoxy) is 1. The second-order valence-corrected chi connectivity index (χ2v) is 5.35. The van der Waals surface area contributed by atoms with E-state index in [-0.39, 0.29) is 5.82 Å². The Morgan fingerprint density at radius 3 is 2.80 bits per heavy atom. The van der Waals surface area contributed by atoms with Crippen LogP contribution >= 0.6 is 0 Å². The van der Waals surface area contributed by atoms with E-state index in [2.05, 4.69) is 4.98 Å². The number of rotatable bonds is 5. The molecule has 0 aliphatic rings. The topological polar surface area (TPSA) is 47.3 Å². The number of hydrogen-bond acceptors (Lipinski definition) is 3. The van der Waals surface area contributed by atoms with Gasteiger partial charge < -0.3 is 14.4 Å². The first-order valence-electron chi connectivity index (χ1n) is 6.48. The molecule has 1 aromatic carbocycles. The van der Waals surface area contributed by atoms with Crippen LogP contribution < -0.4 is 4.74 Å². The second kappa shape index (κ2) is 5.63. The summed E-state index contributed by atoms with van der Waals surface area (Å²) in [6, 6.07) is 4.37. The van der Waals surface area contributed by atoms with Crippen LogP contribution in [0.5, 0.6) is 5.75 Å². The van der Waals surface area contributed by atoms with Crippen molar-refractivity contribution in [3.8, 4) is 17.1 Å². The van der Waals surface area contributed by atoms with Gasteiger partial charge in [-0.1, -0.05) is 0 Å². The van der Waals surface area contributed by atoms with Crippen molar-refractivity contribution in [3.05, 3.63) is 36.4 Å². The minimum absolute atomic E-state index is 0.347. The Kier molecular flexibility index (Phi) is 4.09.